The molecule has 112 valence electrons. The van der Waals surface area contributed by atoms with Crippen molar-refractivity contribution in [1.29, 1.82) is 0 Å². The Kier molecular flexibility index (Phi) is 4.62. The van der Waals surface area contributed by atoms with Crippen molar-refractivity contribution in [1.82, 2.24) is 4.98 Å². The molecule has 22 heavy (non-hydrogen) atoms. The maximum atomic E-state index is 12.0. The van der Waals surface area contributed by atoms with E-state index in [0.29, 0.717) is 33.5 Å². The van der Waals surface area contributed by atoms with Gasteiger partial charge in [0, 0.05) is 11.4 Å². The third kappa shape index (κ3) is 3.58. The highest BCUT2D eigenvalue weighted by atomic mass is 35.5. The van der Waals surface area contributed by atoms with Gasteiger partial charge in [0.1, 0.15) is 5.52 Å². The number of nitrogens with one attached hydrogen (secondary N) is 1. The summed E-state index contributed by atoms with van der Waals surface area (Å²) in [6, 6.07) is 13.3. The van der Waals surface area contributed by atoms with E-state index in [-0.39, 0.29) is 5.91 Å². The largest absolute Gasteiger partial charge is 0.302 e. The molecule has 3 nitrogen and oxygen atoms in total. The predicted molar refractivity (Wildman–Crippen MR) is 93.0 cm³/mol. The molecule has 3 aromatic rings. The lowest BCUT2D eigenvalue weighted by molar-refractivity contribution is -0.116. The number of nitrogens with zero attached hydrogens (tertiary/aromatic N) is 1. The number of halogens is 2. The molecule has 0 fully saturated rings. The van der Waals surface area contributed by atoms with Crippen molar-refractivity contribution in [3.8, 4) is 0 Å². The molecule has 6 heteroatoms. The molecule has 0 aliphatic carbocycles. The van der Waals surface area contributed by atoms with Crippen LogP contribution in [0, 0.1) is 0 Å². The summed E-state index contributed by atoms with van der Waals surface area (Å²) in [6.07, 6.45) is 1.11. The third-order valence-electron chi connectivity index (χ3n) is 3.14. The lowest BCUT2D eigenvalue weighted by atomic mass is 10.1. The molecular formula is C16H12Cl2N2OS. The highest BCUT2D eigenvalue weighted by Crippen LogP contribution is 2.33. The van der Waals surface area contributed by atoms with Crippen molar-refractivity contribution in [2.45, 2.75) is 12.8 Å². The second kappa shape index (κ2) is 6.65. The third-order valence-corrected chi connectivity index (χ3v) is 4.57. The quantitative estimate of drug-likeness (QED) is 0.704. The highest BCUT2D eigenvalue weighted by Gasteiger charge is 2.11. The van der Waals surface area contributed by atoms with Crippen LogP contribution in [0.25, 0.3) is 10.2 Å². The van der Waals surface area contributed by atoms with Crippen molar-refractivity contribution in [2.75, 3.05) is 5.32 Å². The fraction of sp³-hybridized carbons (Fsp3) is 0.125. The van der Waals surface area contributed by atoms with Gasteiger partial charge < -0.3 is 5.32 Å². The Morgan fingerprint density at radius 1 is 1.18 bits per heavy atom. The van der Waals surface area contributed by atoms with Crippen molar-refractivity contribution < 1.29 is 4.79 Å². The second-order valence-electron chi connectivity index (χ2n) is 4.79. The number of fused-ring (bicyclic) bond motifs is 1. The zero-order valence-electron chi connectivity index (χ0n) is 11.5. The van der Waals surface area contributed by atoms with Gasteiger partial charge in [-0.1, -0.05) is 64.9 Å². The van der Waals surface area contributed by atoms with Gasteiger partial charge in [-0.05, 0) is 24.1 Å². The van der Waals surface area contributed by atoms with Gasteiger partial charge in [-0.25, -0.2) is 4.98 Å². The Balaban J connectivity index is 1.68. The minimum atomic E-state index is -0.0647. The Hall–Kier alpha value is -1.62. The van der Waals surface area contributed by atoms with Crippen molar-refractivity contribution >= 4 is 55.8 Å². The first kappa shape index (κ1) is 15.3. The summed E-state index contributed by atoms with van der Waals surface area (Å²) in [4.78, 5) is 16.4. The van der Waals surface area contributed by atoms with Crippen molar-refractivity contribution in [3.05, 3.63) is 58.1 Å². The average Bonchev–Trinajstić information content (AvgIpc) is 2.89. The van der Waals surface area contributed by atoms with Gasteiger partial charge in [-0.2, -0.15) is 0 Å². The van der Waals surface area contributed by atoms with Gasteiger partial charge in [-0.15, -0.1) is 0 Å². The van der Waals surface area contributed by atoms with Crippen molar-refractivity contribution in [2.24, 2.45) is 0 Å². The minimum absolute atomic E-state index is 0.0647. The molecule has 1 heterocycles. The maximum absolute atomic E-state index is 12.0. The maximum Gasteiger partial charge on any atom is 0.226 e. The van der Waals surface area contributed by atoms with Crippen LogP contribution in [-0.4, -0.2) is 10.9 Å². The molecule has 0 radical (unpaired) electrons. The average molecular weight is 351 g/mol. The molecular weight excluding hydrogens is 339 g/mol. The van der Waals surface area contributed by atoms with E-state index in [9.17, 15) is 4.79 Å². The van der Waals surface area contributed by atoms with Crippen LogP contribution in [0.15, 0.2) is 42.5 Å². The van der Waals surface area contributed by atoms with E-state index in [1.54, 1.807) is 12.1 Å². The molecule has 1 aromatic heterocycles. The molecule has 0 atom stereocenters. The number of aryl methyl sites for hydroxylation is 1. The number of carbonyl (C=O) groups excluding carboxylic acids is 1. The first-order chi connectivity index (χ1) is 10.6. The number of aromatic nitrogens is 1. The number of rotatable bonds is 4. The molecule has 1 N–H and O–H groups in total. The summed E-state index contributed by atoms with van der Waals surface area (Å²) < 4.78 is 0.857. The van der Waals surface area contributed by atoms with E-state index in [1.807, 2.05) is 30.3 Å². The van der Waals surface area contributed by atoms with Gasteiger partial charge in [0.15, 0.2) is 5.13 Å². The number of anilines is 1. The second-order valence-corrected chi connectivity index (χ2v) is 6.66. The molecule has 0 saturated carbocycles. The van der Waals surface area contributed by atoms with E-state index in [2.05, 4.69) is 10.3 Å². The Bertz CT molecular complexity index is 818. The van der Waals surface area contributed by atoms with Crippen LogP contribution in [0.2, 0.25) is 10.0 Å². The summed E-state index contributed by atoms with van der Waals surface area (Å²) in [5, 5.41) is 4.40. The Morgan fingerprint density at radius 2 is 1.95 bits per heavy atom. The lowest BCUT2D eigenvalue weighted by Crippen LogP contribution is -2.11. The summed E-state index contributed by atoms with van der Waals surface area (Å²) in [5.74, 6) is -0.0647. The topological polar surface area (TPSA) is 42.0 Å². The van der Waals surface area contributed by atoms with Crippen LogP contribution in [-0.2, 0) is 11.2 Å². The normalized spacial score (nSPS) is 10.8. The van der Waals surface area contributed by atoms with Crippen LogP contribution >= 0.6 is 34.5 Å². The first-order valence-corrected chi connectivity index (χ1v) is 8.28. The summed E-state index contributed by atoms with van der Waals surface area (Å²) >= 11 is 13.4. The van der Waals surface area contributed by atoms with Gasteiger partial charge in [0.25, 0.3) is 0 Å². The molecule has 3 rings (SSSR count). The zero-order chi connectivity index (χ0) is 15.5. The summed E-state index contributed by atoms with van der Waals surface area (Å²) in [6.45, 7) is 0. The standard InChI is InChI=1S/C16H12Cl2N2OS/c17-11-8-12(18)15-13(9-11)22-16(20-15)19-14(21)7-6-10-4-2-1-3-5-10/h1-5,8-9H,6-7H2,(H,19,20,21). The fourth-order valence-corrected chi connectivity index (χ4v) is 3.70. The van der Waals surface area contributed by atoms with Crippen LogP contribution in [0.1, 0.15) is 12.0 Å². The van der Waals surface area contributed by atoms with E-state index in [0.717, 1.165) is 10.3 Å². The van der Waals surface area contributed by atoms with Gasteiger partial charge >= 0.3 is 0 Å². The molecule has 0 aliphatic heterocycles. The van der Waals surface area contributed by atoms with Crippen LogP contribution < -0.4 is 5.32 Å². The van der Waals surface area contributed by atoms with E-state index >= 15 is 0 Å². The van der Waals surface area contributed by atoms with Gasteiger partial charge in [-0.3, -0.25) is 4.79 Å². The van der Waals surface area contributed by atoms with E-state index in [4.69, 9.17) is 23.2 Å². The molecule has 0 spiro atoms. The van der Waals surface area contributed by atoms with Gasteiger partial charge in [0.05, 0.1) is 9.72 Å². The van der Waals surface area contributed by atoms with Crippen LogP contribution in [0.4, 0.5) is 5.13 Å². The molecule has 0 aliphatic rings. The van der Waals surface area contributed by atoms with Crippen molar-refractivity contribution in [3.63, 3.8) is 0 Å². The molecule has 0 bridgehead atoms. The Morgan fingerprint density at radius 3 is 2.73 bits per heavy atom. The fourth-order valence-electron chi connectivity index (χ4n) is 2.09. The number of thiazole rings is 1. The summed E-state index contributed by atoms with van der Waals surface area (Å²) in [7, 11) is 0. The lowest BCUT2D eigenvalue weighted by Gasteiger charge is -2.01. The first-order valence-electron chi connectivity index (χ1n) is 6.71. The molecule has 1 amide bonds. The van der Waals surface area contributed by atoms with Gasteiger partial charge in [0.2, 0.25) is 5.91 Å². The monoisotopic (exact) mass is 350 g/mol. The Labute approximate surface area is 141 Å². The van der Waals surface area contributed by atoms with Crippen LogP contribution in [0.5, 0.6) is 0 Å². The zero-order valence-corrected chi connectivity index (χ0v) is 13.8. The summed E-state index contributed by atoms with van der Waals surface area (Å²) in [5.41, 5.74) is 1.80. The highest BCUT2D eigenvalue weighted by molar-refractivity contribution is 7.22. The number of hydrogen-bond donors (Lipinski definition) is 1. The molecule has 0 saturated heterocycles. The molecule has 0 unspecified atom stereocenters. The number of benzene rings is 2. The predicted octanol–water partition coefficient (Wildman–Crippen LogP) is 5.17. The SMILES string of the molecule is O=C(CCc1ccccc1)Nc1nc2c(Cl)cc(Cl)cc2s1. The van der Waals surface area contributed by atoms with Crippen LogP contribution in [0.3, 0.4) is 0 Å². The van der Waals surface area contributed by atoms with E-state index in [1.165, 1.54) is 11.3 Å². The smallest absolute Gasteiger partial charge is 0.226 e. The number of amides is 1. The van der Waals surface area contributed by atoms with E-state index < -0.39 is 0 Å². The number of hydrogen-bond acceptors (Lipinski definition) is 3. The molecule has 2 aromatic carbocycles. The minimum Gasteiger partial charge on any atom is -0.302 e. The number of carbonyl (C=O) groups is 1.